The van der Waals surface area contributed by atoms with Crippen LogP contribution >= 0.6 is 15.9 Å². The fraction of sp³-hybridized carbons (Fsp3) is 0.0667. The number of aromatic nitrogens is 1. The number of hydrogen-bond donors (Lipinski definition) is 1. The van der Waals surface area contributed by atoms with Crippen molar-refractivity contribution in [2.75, 3.05) is 5.73 Å². The Balaban J connectivity index is 2.74. The maximum atomic E-state index is 12.6. The van der Waals surface area contributed by atoms with E-state index in [0.717, 1.165) is 5.56 Å². The lowest BCUT2D eigenvalue weighted by atomic mass is 9.95. The van der Waals surface area contributed by atoms with Crippen molar-refractivity contribution in [1.82, 2.24) is 4.98 Å². The standard InChI is InChI=1S/C15H9BrN4O/c1-8-2-4-9(5-3-8)13(21)12-10(6-17)14(16)20-15(19)11(12)7-18/h2-5H,1H3,(H2,19,20). The van der Waals surface area contributed by atoms with Gasteiger partial charge in [-0.25, -0.2) is 4.98 Å². The van der Waals surface area contributed by atoms with Gasteiger partial charge >= 0.3 is 0 Å². The lowest BCUT2D eigenvalue weighted by Gasteiger charge is -2.09. The molecule has 0 bridgehead atoms. The first-order chi connectivity index (χ1) is 9.99. The first kappa shape index (κ1) is 14.7. The van der Waals surface area contributed by atoms with Crippen molar-refractivity contribution in [3.63, 3.8) is 0 Å². The number of halogens is 1. The van der Waals surface area contributed by atoms with Crippen LogP contribution < -0.4 is 5.73 Å². The molecule has 0 radical (unpaired) electrons. The highest BCUT2D eigenvalue weighted by atomic mass is 79.9. The summed E-state index contributed by atoms with van der Waals surface area (Å²) >= 11 is 3.10. The Morgan fingerprint density at radius 2 is 1.76 bits per heavy atom. The average molecular weight is 341 g/mol. The Labute approximate surface area is 129 Å². The number of nitrogens with zero attached hydrogens (tertiary/aromatic N) is 3. The number of nitrogens with two attached hydrogens (primary N) is 1. The van der Waals surface area contributed by atoms with E-state index in [2.05, 4.69) is 20.9 Å². The van der Waals surface area contributed by atoms with E-state index < -0.39 is 5.78 Å². The molecule has 0 unspecified atom stereocenters. The number of anilines is 1. The predicted molar refractivity (Wildman–Crippen MR) is 80.4 cm³/mol. The minimum atomic E-state index is -0.432. The third kappa shape index (κ3) is 2.62. The van der Waals surface area contributed by atoms with Crippen LogP contribution in [0.15, 0.2) is 28.9 Å². The second-order valence-electron chi connectivity index (χ2n) is 4.33. The molecular weight excluding hydrogens is 332 g/mol. The molecule has 0 aliphatic rings. The lowest BCUT2D eigenvalue weighted by molar-refractivity contribution is 0.103. The van der Waals surface area contributed by atoms with Gasteiger partial charge in [0, 0.05) is 5.56 Å². The Morgan fingerprint density at radius 1 is 1.19 bits per heavy atom. The van der Waals surface area contributed by atoms with Crippen LogP contribution in [0, 0.1) is 29.6 Å². The molecule has 102 valence electrons. The number of rotatable bonds is 2. The minimum absolute atomic E-state index is 0.00586. The van der Waals surface area contributed by atoms with E-state index in [-0.39, 0.29) is 27.1 Å². The SMILES string of the molecule is Cc1ccc(C(=O)c2c(C#N)c(N)nc(Br)c2C#N)cc1. The van der Waals surface area contributed by atoms with Gasteiger partial charge in [-0.05, 0) is 22.9 Å². The van der Waals surface area contributed by atoms with Gasteiger partial charge in [-0.15, -0.1) is 0 Å². The zero-order valence-corrected chi connectivity index (χ0v) is 12.6. The summed E-state index contributed by atoms with van der Waals surface area (Å²) in [6, 6.07) is 10.6. The van der Waals surface area contributed by atoms with Gasteiger partial charge in [0.15, 0.2) is 5.78 Å². The molecular formula is C15H9BrN4O. The zero-order valence-electron chi connectivity index (χ0n) is 11.0. The molecule has 0 atom stereocenters. The smallest absolute Gasteiger partial charge is 0.195 e. The van der Waals surface area contributed by atoms with E-state index in [1.165, 1.54) is 0 Å². The summed E-state index contributed by atoms with van der Waals surface area (Å²) in [5.74, 6) is -0.517. The van der Waals surface area contributed by atoms with Crippen molar-refractivity contribution in [3.8, 4) is 12.1 Å². The molecule has 0 aliphatic carbocycles. The Morgan fingerprint density at radius 3 is 2.29 bits per heavy atom. The molecule has 21 heavy (non-hydrogen) atoms. The van der Waals surface area contributed by atoms with E-state index in [4.69, 9.17) is 5.73 Å². The van der Waals surface area contributed by atoms with Crippen LogP contribution in [-0.2, 0) is 0 Å². The number of ketones is 1. The van der Waals surface area contributed by atoms with E-state index in [0.29, 0.717) is 5.56 Å². The first-order valence-electron chi connectivity index (χ1n) is 5.90. The lowest BCUT2D eigenvalue weighted by Crippen LogP contribution is -2.11. The summed E-state index contributed by atoms with van der Waals surface area (Å²) in [6.45, 7) is 1.90. The molecule has 6 heteroatoms. The Bertz CT molecular complexity index is 775. The number of pyridine rings is 1. The number of aryl methyl sites for hydroxylation is 1. The maximum Gasteiger partial charge on any atom is 0.195 e. The largest absolute Gasteiger partial charge is 0.383 e. The van der Waals surface area contributed by atoms with Gasteiger partial charge in [-0.1, -0.05) is 29.8 Å². The normalized spacial score (nSPS) is 9.71. The van der Waals surface area contributed by atoms with Gasteiger partial charge in [0.1, 0.15) is 28.1 Å². The number of carbonyl (C=O) groups is 1. The minimum Gasteiger partial charge on any atom is -0.383 e. The summed E-state index contributed by atoms with van der Waals surface area (Å²) in [6.07, 6.45) is 0. The fourth-order valence-corrected chi connectivity index (χ4v) is 2.34. The fourth-order valence-electron chi connectivity index (χ4n) is 1.87. The third-order valence-electron chi connectivity index (χ3n) is 2.95. The molecule has 1 aromatic carbocycles. The maximum absolute atomic E-state index is 12.6. The van der Waals surface area contributed by atoms with Crippen molar-refractivity contribution in [3.05, 3.63) is 56.7 Å². The van der Waals surface area contributed by atoms with Gasteiger partial charge in [0.05, 0.1) is 11.1 Å². The molecule has 1 heterocycles. The predicted octanol–water partition coefficient (Wildman–Crippen LogP) is 2.71. The highest BCUT2D eigenvalue weighted by molar-refractivity contribution is 9.10. The van der Waals surface area contributed by atoms with Crippen LogP contribution in [0.1, 0.15) is 32.6 Å². The van der Waals surface area contributed by atoms with Crippen molar-refractivity contribution in [1.29, 1.82) is 10.5 Å². The van der Waals surface area contributed by atoms with Crippen molar-refractivity contribution in [2.45, 2.75) is 6.92 Å². The van der Waals surface area contributed by atoms with Crippen LogP contribution in [0.4, 0.5) is 5.82 Å². The summed E-state index contributed by atoms with van der Waals surface area (Å²) in [4.78, 5) is 16.5. The van der Waals surface area contributed by atoms with E-state index >= 15 is 0 Å². The molecule has 0 saturated carbocycles. The molecule has 2 rings (SSSR count). The molecule has 2 aromatic rings. The molecule has 0 fully saturated rings. The molecule has 0 saturated heterocycles. The molecule has 0 spiro atoms. The molecule has 0 amide bonds. The van der Waals surface area contributed by atoms with Crippen LogP contribution in [0.5, 0.6) is 0 Å². The van der Waals surface area contributed by atoms with Crippen molar-refractivity contribution >= 4 is 27.5 Å². The zero-order chi connectivity index (χ0) is 15.6. The van der Waals surface area contributed by atoms with Crippen LogP contribution in [0.25, 0.3) is 0 Å². The van der Waals surface area contributed by atoms with Gasteiger partial charge < -0.3 is 5.73 Å². The third-order valence-corrected chi connectivity index (χ3v) is 3.52. The monoisotopic (exact) mass is 340 g/mol. The van der Waals surface area contributed by atoms with E-state index in [1.807, 2.05) is 19.1 Å². The number of nitriles is 2. The quantitative estimate of drug-likeness (QED) is 0.668. The molecule has 1 aromatic heterocycles. The number of carbonyl (C=O) groups excluding carboxylic acids is 1. The average Bonchev–Trinajstić information content (AvgIpc) is 2.46. The van der Waals surface area contributed by atoms with E-state index in [1.54, 1.807) is 24.3 Å². The highest BCUT2D eigenvalue weighted by Crippen LogP contribution is 2.27. The van der Waals surface area contributed by atoms with Crippen molar-refractivity contribution in [2.24, 2.45) is 0 Å². The van der Waals surface area contributed by atoms with E-state index in [9.17, 15) is 15.3 Å². The number of benzene rings is 1. The summed E-state index contributed by atoms with van der Waals surface area (Å²) < 4.78 is 0.150. The Kier molecular flexibility index (Phi) is 4.02. The van der Waals surface area contributed by atoms with Crippen LogP contribution in [-0.4, -0.2) is 10.8 Å². The highest BCUT2D eigenvalue weighted by Gasteiger charge is 2.24. The Hall–Kier alpha value is -2.70. The molecule has 5 nitrogen and oxygen atoms in total. The van der Waals surface area contributed by atoms with Crippen LogP contribution in [0.2, 0.25) is 0 Å². The summed E-state index contributed by atoms with van der Waals surface area (Å²) in [7, 11) is 0. The second kappa shape index (κ2) is 5.74. The molecule has 2 N–H and O–H groups in total. The van der Waals surface area contributed by atoms with Crippen molar-refractivity contribution < 1.29 is 4.79 Å². The van der Waals surface area contributed by atoms with Gasteiger partial charge in [0.25, 0.3) is 0 Å². The van der Waals surface area contributed by atoms with Gasteiger partial charge in [-0.2, -0.15) is 10.5 Å². The molecule has 0 aliphatic heterocycles. The van der Waals surface area contributed by atoms with Gasteiger partial charge in [-0.3, -0.25) is 4.79 Å². The second-order valence-corrected chi connectivity index (χ2v) is 5.08. The first-order valence-corrected chi connectivity index (χ1v) is 6.69. The number of nitrogen functional groups attached to an aromatic ring is 1. The number of hydrogen-bond acceptors (Lipinski definition) is 5. The summed E-state index contributed by atoms with van der Waals surface area (Å²) in [5.41, 5.74) is 6.95. The van der Waals surface area contributed by atoms with Gasteiger partial charge in [0.2, 0.25) is 0 Å². The topological polar surface area (TPSA) is 104 Å². The summed E-state index contributed by atoms with van der Waals surface area (Å²) in [5, 5.41) is 18.4. The van der Waals surface area contributed by atoms with Crippen LogP contribution in [0.3, 0.4) is 0 Å².